The van der Waals surface area contributed by atoms with E-state index < -0.39 is 0 Å². The van der Waals surface area contributed by atoms with E-state index in [1.54, 1.807) is 23.9 Å². The number of rotatable bonds is 8. The van der Waals surface area contributed by atoms with Gasteiger partial charge in [0.05, 0.1) is 5.25 Å². The van der Waals surface area contributed by atoms with Gasteiger partial charge in [0, 0.05) is 12.3 Å². The highest BCUT2D eigenvalue weighted by atomic mass is 32.2. The standard InChI is InChI=1S/C16H20FN3OS3/c1-10(2)9-22-15-19-20-16(24-15)23-11(3)14(21)18-8-12-4-6-13(17)7-5-12/h4-7,10-11H,8-9H2,1-3H3,(H,18,21)/t11-/m0/s1. The molecule has 1 aromatic heterocycles. The highest BCUT2D eigenvalue weighted by Gasteiger charge is 2.17. The summed E-state index contributed by atoms with van der Waals surface area (Å²) in [6.07, 6.45) is 0. The first-order chi connectivity index (χ1) is 11.4. The van der Waals surface area contributed by atoms with Gasteiger partial charge in [-0.05, 0) is 30.5 Å². The molecule has 2 aromatic rings. The summed E-state index contributed by atoms with van der Waals surface area (Å²) in [4.78, 5) is 12.2. The van der Waals surface area contributed by atoms with Gasteiger partial charge in [-0.3, -0.25) is 4.79 Å². The maximum absolute atomic E-state index is 12.9. The Labute approximate surface area is 154 Å². The van der Waals surface area contributed by atoms with E-state index in [1.807, 2.05) is 6.92 Å². The number of amides is 1. The fraction of sp³-hybridized carbons (Fsp3) is 0.438. The molecule has 0 aliphatic rings. The third-order valence-electron chi connectivity index (χ3n) is 2.95. The summed E-state index contributed by atoms with van der Waals surface area (Å²) in [6, 6.07) is 6.10. The Balaban J connectivity index is 1.79. The lowest BCUT2D eigenvalue weighted by molar-refractivity contribution is -0.120. The minimum Gasteiger partial charge on any atom is -0.351 e. The van der Waals surface area contributed by atoms with E-state index in [-0.39, 0.29) is 17.0 Å². The van der Waals surface area contributed by atoms with E-state index in [4.69, 9.17) is 0 Å². The van der Waals surface area contributed by atoms with Crippen molar-refractivity contribution in [3.05, 3.63) is 35.6 Å². The van der Waals surface area contributed by atoms with Gasteiger partial charge in [-0.25, -0.2) is 4.39 Å². The summed E-state index contributed by atoms with van der Waals surface area (Å²) < 4.78 is 14.6. The molecule has 4 nitrogen and oxygen atoms in total. The van der Waals surface area contributed by atoms with Crippen molar-refractivity contribution >= 4 is 40.8 Å². The molecule has 0 fully saturated rings. The fourth-order valence-electron chi connectivity index (χ4n) is 1.68. The number of carbonyl (C=O) groups excluding carboxylic acids is 1. The van der Waals surface area contributed by atoms with Crippen LogP contribution in [0, 0.1) is 11.7 Å². The topological polar surface area (TPSA) is 54.9 Å². The van der Waals surface area contributed by atoms with Crippen molar-refractivity contribution in [1.29, 1.82) is 0 Å². The predicted octanol–water partition coefficient (Wildman–Crippen LogP) is 4.22. The van der Waals surface area contributed by atoms with Gasteiger partial charge in [0.2, 0.25) is 5.91 Å². The highest BCUT2D eigenvalue weighted by molar-refractivity contribution is 8.03. The number of nitrogens with zero attached hydrogens (tertiary/aromatic N) is 2. The first-order valence-corrected chi connectivity index (χ1v) is 10.3. The molecule has 0 aliphatic carbocycles. The molecule has 1 N–H and O–H groups in total. The van der Waals surface area contributed by atoms with Crippen molar-refractivity contribution in [2.75, 3.05) is 5.75 Å². The minimum absolute atomic E-state index is 0.0732. The predicted molar refractivity (Wildman–Crippen MR) is 99.0 cm³/mol. The number of halogens is 1. The monoisotopic (exact) mass is 385 g/mol. The minimum atomic E-state index is -0.281. The number of benzene rings is 1. The SMILES string of the molecule is CC(C)CSc1nnc(S[C@@H](C)C(=O)NCc2ccc(F)cc2)s1. The summed E-state index contributed by atoms with van der Waals surface area (Å²) >= 11 is 4.62. The fourth-order valence-corrected chi connectivity index (χ4v) is 4.85. The van der Waals surface area contributed by atoms with Crippen LogP contribution in [0.2, 0.25) is 0 Å². The van der Waals surface area contributed by atoms with E-state index in [0.717, 1.165) is 20.0 Å². The van der Waals surface area contributed by atoms with E-state index in [2.05, 4.69) is 29.4 Å². The Morgan fingerprint density at radius 1 is 1.21 bits per heavy atom. The third-order valence-corrected chi connectivity index (χ3v) is 6.62. The van der Waals surface area contributed by atoms with Gasteiger partial charge in [-0.1, -0.05) is 60.8 Å². The average molecular weight is 386 g/mol. The van der Waals surface area contributed by atoms with Crippen LogP contribution in [-0.2, 0) is 11.3 Å². The van der Waals surface area contributed by atoms with Crippen molar-refractivity contribution in [2.45, 2.75) is 41.2 Å². The molecule has 1 aromatic carbocycles. The van der Waals surface area contributed by atoms with Gasteiger partial charge in [-0.2, -0.15) is 0 Å². The number of hydrogen-bond acceptors (Lipinski definition) is 6. The number of carbonyl (C=O) groups is 1. The van der Waals surface area contributed by atoms with Crippen LogP contribution in [0.15, 0.2) is 32.9 Å². The van der Waals surface area contributed by atoms with Gasteiger partial charge < -0.3 is 5.32 Å². The van der Waals surface area contributed by atoms with Crippen molar-refractivity contribution < 1.29 is 9.18 Å². The Hall–Kier alpha value is -1.12. The summed E-state index contributed by atoms with van der Waals surface area (Å²) in [5, 5.41) is 10.9. The molecule has 24 heavy (non-hydrogen) atoms. The van der Waals surface area contributed by atoms with Gasteiger partial charge in [-0.15, -0.1) is 10.2 Å². The number of nitrogens with one attached hydrogen (secondary N) is 1. The van der Waals surface area contributed by atoms with Crippen molar-refractivity contribution in [3.63, 3.8) is 0 Å². The van der Waals surface area contributed by atoms with Crippen LogP contribution >= 0.6 is 34.9 Å². The van der Waals surface area contributed by atoms with Crippen LogP contribution in [0.3, 0.4) is 0 Å². The zero-order chi connectivity index (χ0) is 17.5. The molecule has 0 saturated carbocycles. The second kappa shape index (κ2) is 9.39. The Morgan fingerprint density at radius 2 is 1.88 bits per heavy atom. The molecule has 0 radical (unpaired) electrons. The maximum atomic E-state index is 12.9. The van der Waals surface area contributed by atoms with E-state index >= 15 is 0 Å². The molecule has 8 heteroatoms. The molecule has 0 bridgehead atoms. The summed E-state index contributed by atoms with van der Waals surface area (Å²) in [6.45, 7) is 6.55. The average Bonchev–Trinajstić information content (AvgIpc) is 2.99. The molecule has 1 heterocycles. The van der Waals surface area contributed by atoms with Crippen molar-refractivity contribution in [1.82, 2.24) is 15.5 Å². The first kappa shape index (κ1) is 19.2. The van der Waals surface area contributed by atoms with Gasteiger partial charge in [0.25, 0.3) is 0 Å². The molecule has 0 unspecified atom stereocenters. The molecule has 130 valence electrons. The van der Waals surface area contributed by atoms with Crippen molar-refractivity contribution in [2.24, 2.45) is 5.92 Å². The molecule has 1 atom stereocenters. The lowest BCUT2D eigenvalue weighted by atomic mass is 10.2. The second-order valence-electron chi connectivity index (χ2n) is 5.64. The third kappa shape index (κ3) is 6.41. The van der Waals surface area contributed by atoms with Crippen LogP contribution in [0.5, 0.6) is 0 Å². The normalized spacial score (nSPS) is 12.4. The number of hydrogen-bond donors (Lipinski definition) is 1. The van der Waals surface area contributed by atoms with Gasteiger partial charge >= 0.3 is 0 Å². The molecule has 2 rings (SSSR count). The van der Waals surface area contributed by atoms with Crippen molar-refractivity contribution in [3.8, 4) is 0 Å². The molecule has 1 amide bonds. The van der Waals surface area contributed by atoms with E-state index in [0.29, 0.717) is 12.5 Å². The Morgan fingerprint density at radius 3 is 2.54 bits per heavy atom. The van der Waals surface area contributed by atoms with Gasteiger partial charge in [0.1, 0.15) is 5.82 Å². The van der Waals surface area contributed by atoms with E-state index in [9.17, 15) is 9.18 Å². The summed E-state index contributed by atoms with van der Waals surface area (Å²) in [5.41, 5.74) is 0.866. The lowest BCUT2D eigenvalue weighted by Gasteiger charge is -2.10. The van der Waals surface area contributed by atoms with Crippen LogP contribution in [-0.4, -0.2) is 27.1 Å². The highest BCUT2D eigenvalue weighted by Crippen LogP contribution is 2.31. The quantitative estimate of drug-likeness (QED) is 0.690. The van der Waals surface area contributed by atoms with Crippen LogP contribution < -0.4 is 5.32 Å². The summed E-state index contributed by atoms with van der Waals surface area (Å²) in [7, 11) is 0. The second-order valence-corrected chi connectivity index (χ2v) is 9.48. The van der Waals surface area contributed by atoms with Crippen LogP contribution in [0.1, 0.15) is 26.3 Å². The molecular formula is C16H20FN3OS3. The molecular weight excluding hydrogens is 365 g/mol. The number of aromatic nitrogens is 2. The van der Waals surface area contributed by atoms with Crippen LogP contribution in [0.25, 0.3) is 0 Å². The zero-order valence-electron chi connectivity index (χ0n) is 13.8. The van der Waals surface area contributed by atoms with E-state index in [1.165, 1.54) is 35.2 Å². The Bertz CT molecular complexity index is 661. The maximum Gasteiger partial charge on any atom is 0.233 e. The smallest absolute Gasteiger partial charge is 0.233 e. The van der Waals surface area contributed by atoms with Crippen LogP contribution in [0.4, 0.5) is 4.39 Å². The zero-order valence-corrected chi connectivity index (χ0v) is 16.2. The van der Waals surface area contributed by atoms with Gasteiger partial charge in [0.15, 0.2) is 8.68 Å². The molecule has 0 aliphatic heterocycles. The lowest BCUT2D eigenvalue weighted by Crippen LogP contribution is -2.30. The molecule has 0 spiro atoms. The Kier molecular flexibility index (Phi) is 7.51. The summed E-state index contributed by atoms with van der Waals surface area (Å²) in [5.74, 6) is 1.26. The first-order valence-electron chi connectivity index (χ1n) is 7.59. The number of thioether (sulfide) groups is 2. The molecule has 0 saturated heterocycles. The largest absolute Gasteiger partial charge is 0.351 e.